The van der Waals surface area contributed by atoms with Crippen LogP contribution >= 0.6 is 0 Å². The number of nitrogens with zero attached hydrogens (tertiary/aromatic N) is 8. The molecule has 16 nitrogen and oxygen atoms in total. The Balaban J connectivity index is 0.908. The molecule has 12 aliphatic rings. The van der Waals surface area contributed by atoms with E-state index in [9.17, 15) is 9.59 Å². The van der Waals surface area contributed by atoms with E-state index >= 15 is 0 Å². The van der Waals surface area contributed by atoms with Crippen LogP contribution < -0.4 is 10.6 Å². The number of H-pyrrole nitrogens is 2. The molecule has 0 saturated heterocycles. The number of ether oxygens (including phenoxy) is 2. The molecular formula is C76H80N12O4. The Labute approximate surface area is 539 Å². The first-order valence-corrected chi connectivity index (χ1v) is 33.0. The molecule has 14 heterocycles. The third kappa shape index (κ3) is 13.3. The molecule has 4 N–H and O–H groups in total. The number of nitrogens with one attached hydrogen (secondary N) is 4. The number of hydrogen-bond donors (Lipinski definition) is 4. The number of unbranched alkanes of at least 4 members (excludes halogenated alkanes) is 8. The van der Waals surface area contributed by atoms with Crippen molar-refractivity contribution in [3.63, 3.8) is 0 Å². The van der Waals surface area contributed by atoms with E-state index in [1.54, 1.807) is 0 Å². The average Bonchev–Trinajstić information content (AvgIpc) is 1.66. The highest BCUT2D eigenvalue weighted by Crippen LogP contribution is 2.39. The molecule has 0 saturated carbocycles. The van der Waals surface area contributed by atoms with Crippen molar-refractivity contribution in [1.82, 2.24) is 30.4 Å². The number of rotatable bonds is 12. The lowest BCUT2D eigenvalue weighted by molar-refractivity contribution is -0.143. The van der Waals surface area contributed by atoms with Gasteiger partial charge in [0.2, 0.25) is 0 Å². The maximum absolute atomic E-state index is 14.1. The number of allylic oxidation sites excluding steroid dienone is 22. The van der Waals surface area contributed by atoms with E-state index in [-0.39, 0.29) is 38.0 Å². The molecule has 0 unspecified atom stereocenters. The molecule has 2 aromatic rings. The van der Waals surface area contributed by atoms with E-state index < -0.39 is 0 Å². The van der Waals surface area contributed by atoms with Gasteiger partial charge in [0.05, 0.1) is 91.0 Å². The number of carbonyl (C=O) groups excluding carboxylic acids is 2. The van der Waals surface area contributed by atoms with Gasteiger partial charge in [0.1, 0.15) is 24.9 Å². The molecule has 0 aliphatic carbocycles. The molecule has 0 fully saturated rings. The van der Waals surface area contributed by atoms with Crippen molar-refractivity contribution in [1.29, 1.82) is 0 Å². The monoisotopic (exact) mass is 1220 g/mol. The SMILES string of the molecule is CCCCCCCC1=C2C=CC(=N2)C2=C3C=CC(=N3)/C(=C3/NC=CN3C)c3ccc([nH]3)C(=C3C=CC1=N3)CC=CCOC(=O)CCC1=C3C=CC(=N3)/C(=C3/NC=CN3C)c3ccc([nH]3)C(=C3C=CC(=N3)C(CCCCCCC)=C3C=CC1=N3)CCC(=O)OCC=CC2. The zero-order chi connectivity index (χ0) is 62.9. The van der Waals surface area contributed by atoms with Gasteiger partial charge in [0.15, 0.2) is 0 Å². The van der Waals surface area contributed by atoms with Crippen LogP contribution in [-0.4, -0.2) is 93.3 Å². The molecule has 16 heteroatoms. The van der Waals surface area contributed by atoms with Gasteiger partial charge in [-0.2, -0.15) is 0 Å². The van der Waals surface area contributed by atoms with Gasteiger partial charge in [-0.05, 0) is 149 Å². The molecule has 2 aromatic heterocycles. The lowest BCUT2D eigenvalue weighted by atomic mass is 10.00. The van der Waals surface area contributed by atoms with E-state index in [4.69, 9.17) is 39.4 Å². The fourth-order valence-electron chi connectivity index (χ4n) is 13.1. The molecule has 0 atom stereocenters. The summed E-state index contributed by atoms with van der Waals surface area (Å²) in [7, 11) is 4.02. The Hall–Kier alpha value is -9.96. The first-order valence-electron chi connectivity index (χ1n) is 33.0. The summed E-state index contributed by atoms with van der Waals surface area (Å²) in [5.41, 5.74) is 20.7. The zero-order valence-electron chi connectivity index (χ0n) is 53.2. The van der Waals surface area contributed by atoms with Crippen molar-refractivity contribution < 1.29 is 19.1 Å². The molecule has 0 spiro atoms. The molecule has 0 radical (unpaired) electrons. The second-order valence-electron chi connectivity index (χ2n) is 24.4. The fraction of sp³-hybridized carbons (Fsp3) is 0.316. The highest BCUT2D eigenvalue weighted by atomic mass is 16.5. The van der Waals surface area contributed by atoms with Crippen LogP contribution in [0.2, 0.25) is 0 Å². The van der Waals surface area contributed by atoms with Gasteiger partial charge in [0, 0.05) is 96.6 Å². The summed E-state index contributed by atoms with van der Waals surface area (Å²) in [5.74, 6) is 1.07. The van der Waals surface area contributed by atoms with Crippen LogP contribution in [0, 0.1) is 0 Å². The molecular weight excluding hydrogens is 1140 g/mol. The number of fused-ring (bicyclic) bond motifs is 14. The maximum Gasteiger partial charge on any atom is 0.306 e. The molecule has 14 rings (SSSR count). The lowest BCUT2D eigenvalue weighted by Crippen LogP contribution is -2.19. The van der Waals surface area contributed by atoms with Crippen LogP contribution in [0.4, 0.5) is 0 Å². The number of esters is 2. The summed E-state index contributed by atoms with van der Waals surface area (Å²) in [6.07, 6.45) is 55.5. The van der Waals surface area contributed by atoms with E-state index in [2.05, 4.69) is 137 Å². The number of aromatic nitrogens is 2. The zero-order valence-corrected chi connectivity index (χ0v) is 53.2. The number of hydrogen-bond acceptors (Lipinski definition) is 14. The van der Waals surface area contributed by atoms with Crippen molar-refractivity contribution in [2.75, 3.05) is 27.3 Å². The van der Waals surface area contributed by atoms with Gasteiger partial charge < -0.3 is 39.9 Å². The highest BCUT2D eigenvalue weighted by Gasteiger charge is 2.30. The molecule has 12 aliphatic heterocycles. The third-order valence-electron chi connectivity index (χ3n) is 18.1. The third-order valence-corrected chi connectivity index (χ3v) is 18.1. The average molecular weight is 1230 g/mol. The van der Waals surface area contributed by atoms with Crippen molar-refractivity contribution in [2.24, 2.45) is 30.0 Å². The van der Waals surface area contributed by atoms with Crippen LogP contribution in [0.1, 0.15) is 152 Å². The minimum absolute atomic E-state index is 0.0902. The van der Waals surface area contributed by atoms with E-state index in [1.165, 1.54) is 25.7 Å². The molecule has 0 aromatic carbocycles. The second kappa shape index (κ2) is 28.1. The van der Waals surface area contributed by atoms with Crippen molar-refractivity contribution in [3.05, 3.63) is 237 Å². The van der Waals surface area contributed by atoms with E-state index in [0.717, 1.165) is 199 Å². The Morgan fingerprint density at radius 1 is 0.402 bits per heavy atom. The summed E-state index contributed by atoms with van der Waals surface area (Å²) in [6.45, 7) is 4.66. The standard InChI is InChI=1S/C76H80N12O4/c1-5-7-9-11-13-19-49-55-25-27-59(79-55)51-21-15-17-47-91-71(89)41-23-53-63-31-29-57(81-63)50(20-14-12-10-8-6-2)58-30-32-64(82-58)54(66-36-40-70(86-66)74(69-39-35-65(53)85-69)76-78-44-46-88(76)4)24-42-72(90)92-48-18-16-22-52(60-28-26-56(49)80-60)62-34-38-68(84-62)73(67-37-33-61(51)83-67)75-77-43-45-87(75)3/h15-18,25-40,43-46,77-78,83,86H,5-14,19-24,41-42,47-48H2,1-4H3/b17-15?,18-16?,56-49?,57-50?,59-51?,62-52?,64-54?,65-53?,75-73-,76-74+. The van der Waals surface area contributed by atoms with Gasteiger partial charge in [0.25, 0.3) is 0 Å². The van der Waals surface area contributed by atoms with Gasteiger partial charge in [-0.15, -0.1) is 0 Å². The van der Waals surface area contributed by atoms with Crippen molar-refractivity contribution in [2.45, 2.75) is 129 Å². The van der Waals surface area contributed by atoms with E-state index in [0.29, 0.717) is 25.7 Å². The highest BCUT2D eigenvalue weighted by molar-refractivity contribution is 6.32. The second-order valence-corrected chi connectivity index (χ2v) is 24.4. The first kappa shape index (κ1) is 60.9. The predicted octanol–water partition coefficient (Wildman–Crippen LogP) is 15.2. The number of carbonyl (C=O) groups is 2. The number of aromatic amines is 2. The summed E-state index contributed by atoms with van der Waals surface area (Å²) in [6, 6.07) is 8.36. The Bertz CT molecular complexity index is 4190. The minimum atomic E-state index is -0.329. The quantitative estimate of drug-likeness (QED) is 0.0917. The van der Waals surface area contributed by atoms with Crippen LogP contribution in [0.25, 0.3) is 22.3 Å². The summed E-state index contributed by atoms with van der Waals surface area (Å²) in [4.78, 5) is 72.3. The number of aliphatic imine (C=N–C) groups is 6. The normalized spacial score (nSPS) is 22.1. The van der Waals surface area contributed by atoms with Gasteiger partial charge in [-0.3, -0.25) is 9.59 Å². The molecule has 0 amide bonds. The molecule has 92 heavy (non-hydrogen) atoms. The smallest absolute Gasteiger partial charge is 0.306 e. The van der Waals surface area contributed by atoms with Crippen molar-refractivity contribution in [3.8, 4) is 0 Å². The van der Waals surface area contributed by atoms with Crippen LogP contribution in [0.3, 0.4) is 0 Å². The summed E-state index contributed by atoms with van der Waals surface area (Å²) in [5, 5.41) is 6.95. The first-order chi connectivity index (χ1) is 45.2. The van der Waals surface area contributed by atoms with Gasteiger partial charge in [-0.25, -0.2) is 30.0 Å². The topological polar surface area (TPSA) is 189 Å². The Kier molecular flexibility index (Phi) is 18.6. The van der Waals surface area contributed by atoms with Crippen LogP contribution in [0.5, 0.6) is 0 Å². The summed E-state index contributed by atoms with van der Waals surface area (Å²) >= 11 is 0. The molecule has 468 valence electrons. The fourth-order valence-corrected chi connectivity index (χ4v) is 13.1. The lowest BCUT2D eigenvalue weighted by Gasteiger charge is -2.17. The Morgan fingerprint density at radius 2 is 0.793 bits per heavy atom. The van der Waals surface area contributed by atoms with Crippen molar-refractivity contribution >= 4 is 68.5 Å². The minimum Gasteiger partial charge on any atom is -0.461 e. The Morgan fingerprint density at radius 3 is 1.30 bits per heavy atom. The van der Waals surface area contributed by atoms with E-state index in [1.807, 2.05) is 68.1 Å². The van der Waals surface area contributed by atoms with Crippen LogP contribution in [-0.2, 0) is 19.1 Å². The summed E-state index contributed by atoms with van der Waals surface area (Å²) < 4.78 is 12.1. The van der Waals surface area contributed by atoms with Gasteiger partial charge >= 0.3 is 11.9 Å². The molecule has 20 bridgehead atoms. The van der Waals surface area contributed by atoms with Gasteiger partial charge in [-0.1, -0.05) is 89.5 Å². The predicted molar refractivity (Wildman–Crippen MR) is 372 cm³/mol. The largest absolute Gasteiger partial charge is 0.461 e. The van der Waals surface area contributed by atoms with Crippen LogP contribution in [0.15, 0.2) is 244 Å². The maximum atomic E-state index is 14.1.